The number of carbonyl (C=O) groups is 2. The second-order valence-corrected chi connectivity index (χ2v) is 6.84. The monoisotopic (exact) mass is 340 g/mol. The van der Waals surface area contributed by atoms with Crippen molar-refractivity contribution < 1.29 is 14.0 Å². The molecule has 0 saturated carbocycles. The number of carbonyl (C=O) groups excluding carboxylic acids is 2. The first-order valence-corrected chi connectivity index (χ1v) is 8.29. The van der Waals surface area contributed by atoms with Gasteiger partial charge in [-0.1, -0.05) is 6.07 Å². The van der Waals surface area contributed by atoms with Crippen LogP contribution >= 0.6 is 11.6 Å². The van der Waals surface area contributed by atoms with E-state index in [0.717, 1.165) is 0 Å². The van der Waals surface area contributed by atoms with E-state index in [2.05, 4.69) is 5.32 Å². The molecule has 2 amide bonds. The first-order valence-electron chi connectivity index (χ1n) is 7.75. The number of hydrogen-bond donors (Lipinski definition) is 1. The lowest BCUT2D eigenvalue weighted by Gasteiger charge is -2.36. The Balaban J connectivity index is 1.88. The van der Waals surface area contributed by atoms with Crippen molar-refractivity contribution in [1.82, 2.24) is 10.2 Å². The minimum atomic E-state index is -0.570. The van der Waals surface area contributed by atoms with Crippen molar-refractivity contribution in [2.75, 3.05) is 19.0 Å². The molecule has 4 nitrogen and oxygen atoms in total. The summed E-state index contributed by atoms with van der Waals surface area (Å²) >= 11 is 5.85. The van der Waals surface area contributed by atoms with E-state index >= 15 is 0 Å². The third-order valence-electron chi connectivity index (χ3n) is 4.12. The predicted octanol–water partition coefficient (Wildman–Crippen LogP) is 2.81. The van der Waals surface area contributed by atoms with Crippen LogP contribution in [0.5, 0.6) is 0 Å². The van der Waals surface area contributed by atoms with E-state index in [9.17, 15) is 14.0 Å². The van der Waals surface area contributed by atoms with E-state index in [4.69, 9.17) is 11.6 Å². The van der Waals surface area contributed by atoms with Crippen molar-refractivity contribution in [3.05, 3.63) is 35.6 Å². The lowest BCUT2D eigenvalue weighted by atomic mass is 9.92. The second kappa shape index (κ2) is 7.30. The van der Waals surface area contributed by atoms with Crippen LogP contribution < -0.4 is 5.32 Å². The Hall–Kier alpha value is -1.62. The Morgan fingerprint density at radius 1 is 1.35 bits per heavy atom. The van der Waals surface area contributed by atoms with Crippen LogP contribution in [0, 0.1) is 11.2 Å². The minimum absolute atomic E-state index is 0.00562. The van der Waals surface area contributed by atoms with Crippen molar-refractivity contribution >= 4 is 23.4 Å². The van der Waals surface area contributed by atoms with E-state index in [0.29, 0.717) is 31.5 Å². The van der Waals surface area contributed by atoms with E-state index in [1.165, 1.54) is 18.2 Å². The van der Waals surface area contributed by atoms with Gasteiger partial charge in [0.15, 0.2) is 0 Å². The van der Waals surface area contributed by atoms with Gasteiger partial charge in [0, 0.05) is 30.6 Å². The Bertz CT molecular complexity index is 584. The zero-order chi connectivity index (χ0) is 17.0. The van der Waals surface area contributed by atoms with Crippen molar-refractivity contribution in [3.63, 3.8) is 0 Å². The predicted molar refractivity (Wildman–Crippen MR) is 88.0 cm³/mol. The number of alkyl halides is 1. The maximum absolute atomic E-state index is 13.2. The third kappa shape index (κ3) is 4.44. The zero-order valence-corrected chi connectivity index (χ0v) is 14.2. The highest BCUT2D eigenvalue weighted by Crippen LogP contribution is 2.23. The van der Waals surface area contributed by atoms with E-state index in [1.54, 1.807) is 11.0 Å². The molecule has 1 fully saturated rings. The first kappa shape index (κ1) is 17.7. The summed E-state index contributed by atoms with van der Waals surface area (Å²) in [6, 6.07) is 5.62. The van der Waals surface area contributed by atoms with Gasteiger partial charge >= 0.3 is 0 Å². The number of amides is 2. The quantitative estimate of drug-likeness (QED) is 0.857. The van der Waals surface area contributed by atoms with Crippen molar-refractivity contribution in [1.29, 1.82) is 0 Å². The van der Waals surface area contributed by atoms with Crippen LogP contribution in [0.4, 0.5) is 4.39 Å². The largest absolute Gasteiger partial charge is 0.349 e. The Morgan fingerprint density at radius 2 is 2.00 bits per heavy atom. The van der Waals surface area contributed by atoms with Gasteiger partial charge in [0.05, 0.1) is 5.41 Å². The molecule has 1 aliphatic rings. The fourth-order valence-corrected chi connectivity index (χ4v) is 2.72. The number of piperidine rings is 1. The topological polar surface area (TPSA) is 49.4 Å². The Labute approximate surface area is 141 Å². The maximum atomic E-state index is 13.2. The van der Waals surface area contributed by atoms with Gasteiger partial charge in [-0.3, -0.25) is 9.59 Å². The average Bonchev–Trinajstić information content (AvgIpc) is 2.55. The van der Waals surface area contributed by atoms with E-state index in [1.807, 2.05) is 13.8 Å². The molecule has 1 heterocycles. The summed E-state index contributed by atoms with van der Waals surface area (Å²) in [5, 5.41) is 2.90. The maximum Gasteiger partial charge on any atom is 0.251 e. The molecule has 0 aliphatic carbocycles. The molecule has 0 spiro atoms. The second-order valence-electron chi connectivity index (χ2n) is 6.57. The van der Waals surface area contributed by atoms with E-state index < -0.39 is 11.2 Å². The van der Waals surface area contributed by atoms with Gasteiger partial charge in [-0.05, 0) is 44.9 Å². The molecule has 1 aliphatic heterocycles. The fraction of sp³-hybridized carbons (Fsp3) is 0.529. The molecule has 0 radical (unpaired) electrons. The number of hydrogen-bond acceptors (Lipinski definition) is 2. The number of rotatable bonds is 4. The SMILES string of the molecule is CC(C)(CCl)C(=O)N1CCC(NC(=O)c2cccc(F)c2)CC1. The van der Waals surface area contributed by atoms with Gasteiger partial charge in [0.25, 0.3) is 5.91 Å². The molecule has 23 heavy (non-hydrogen) atoms. The van der Waals surface area contributed by atoms with Crippen LogP contribution in [0.3, 0.4) is 0 Å². The Kier molecular flexibility index (Phi) is 5.63. The molecule has 1 aromatic carbocycles. The first-order chi connectivity index (χ1) is 10.8. The van der Waals surface area contributed by atoms with Gasteiger partial charge in [0.2, 0.25) is 5.91 Å². The normalized spacial score (nSPS) is 16.3. The minimum Gasteiger partial charge on any atom is -0.349 e. The highest BCUT2D eigenvalue weighted by Gasteiger charge is 2.33. The molecule has 6 heteroatoms. The van der Waals surface area contributed by atoms with Crippen molar-refractivity contribution in [2.45, 2.75) is 32.7 Å². The lowest BCUT2D eigenvalue weighted by molar-refractivity contribution is -0.140. The smallest absolute Gasteiger partial charge is 0.251 e. The number of benzene rings is 1. The molecule has 0 atom stereocenters. The molecule has 0 bridgehead atoms. The number of likely N-dealkylation sites (tertiary alicyclic amines) is 1. The number of nitrogens with zero attached hydrogens (tertiary/aromatic N) is 1. The van der Waals surface area contributed by atoms with Crippen molar-refractivity contribution in [3.8, 4) is 0 Å². The molecule has 1 saturated heterocycles. The Morgan fingerprint density at radius 3 is 2.57 bits per heavy atom. The highest BCUT2D eigenvalue weighted by atomic mass is 35.5. The van der Waals surface area contributed by atoms with Crippen LogP contribution in [0.25, 0.3) is 0 Å². The van der Waals surface area contributed by atoms with Gasteiger partial charge < -0.3 is 10.2 Å². The van der Waals surface area contributed by atoms with Gasteiger partial charge in [-0.2, -0.15) is 0 Å². The number of halogens is 2. The summed E-state index contributed by atoms with van der Waals surface area (Å²) in [4.78, 5) is 26.3. The summed E-state index contributed by atoms with van der Waals surface area (Å²) in [5.41, 5.74) is -0.258. The summed E-state index contributed by atoms with van der Waals surface area (Å²) < 4.78 is 13.2. The highest BCUT2D eigenvalue weighted by molar-refractivity contribution is 6.19. The van der Waals surface area contributed by atoms with Gasteiger partial charge in [-0.15, -0.1) is 11.6 Å². The van der Waals surface area contributed by atoms with Crippen LogP contribution in [0.2, 0.25) is 0 Å². The summed E-state index contributed by atoms with van der Waals surface area (Å²) in [7, 11) is 0. The lowest BCUT2D eigenvalue weighted by Crippen LogP contribution is -2.50. The summed E-state index contributed by atoms with van der Waals surface area (Å²) in [6.45, 7) is 4.85. The van der Waals surface area contributed by atoms with E-state index in [-0.39, 0.29) is 23.7 Å². The number of nitrogens with one attached hydrogen (secondary N) is 1. The molecule has 126 valence electrons. The van der Waals surface area contributed by atoms with Crippen molar-refractivity contribution in [2.24, 2.45) is 5.41 Å². The average molecular weight is 341 g/mol. The molecule has 1 N–H and O–H groups in total. The fourth-order valence-electron chi connectivity index (χ4n) is 2.61. The third-order valence-corrected chi connectivity index (χ3v) is 4.79. The standard InChI is InChI=1S/C17H22ClFN2O2/c1-17(2,11-18)16(23)21-8-6-14(7-9-21)20-15(22)12-4-3-5-13(19)10-12/h3-5,10,14H,6-9,11H2,1-2H3,(H,20,22). The van der Waals surface area contributed by atoms with Crippen LogP contribution in [-0.4, -0.2) is 41.7 Å². The molecule has 0 aromatic heterocycles. The molecule has 1 aromatic rings. The molecular formula is C17H22ClFN2O2. The molecule has 2 rings (SSSR count). The zero-order valence-electron chi connectivity index (χ0n) is 13.4. The van der Waals surface area contributed by atoms with Crippen LogP contribution in [0.1, 0.15) is 37.0 Å². The van der Waals surface area contributed by atoms with Crippen LogP contribution in [0.15, 0.2) is 24.3 Å². The van der Waals surface area contributed by atoms with Gasteiger partial charge in [0.1, 0.15) is 5.82 Å². The summed E-state index contributed by atoms with van der Waals surface area (Å²) in [6.07, 6.45) is 1.37. The summed E-state index contributed by atoms with van der Waals surface area (Å²) in [5.74, 6) is -0.388. The molecule has 0 unspecified atom stereocenters. The van der Waals surface area contributed by atoms with Gasteiger partial charge in [-0.25, -0.2) is 4.39 Å². The van der Waals surface area contributed by atoms with Crippen LogP contribution in [-0.2, 0) is 4.79 Å². The molecular weight excluding hydrogens is 319 g/mol.